The van der Waals surface area contributed by atoms with E-state index in [1.54, 1.807) is 18.2 Å². The molecule has 1 aliphatic rings. The second-order valence-electron chi connectivity index (χ2n) is 6.47. The molecule has 0 N–H and O–H groups in total. The third-order valence-electron chi connectivity index (χ3n) is 4.27. The average Bonchev–Trinajstić information content (AvgIpc) is 3.09. The Bertz CT molecular complexity index is 930. The van der Waals surface area contributed by atoms with Crippen LogP contribution < -0.4 is 4.74 Å². The summed E-state index contributed by atoms with van der Waals surface area (Å²) in [5.74, 6) is -0.160. The summed E-state index contributed by atoms with van der Waals surface area (Å²) in [6, 6.07) is 9.97. The van der Waals surface area contributed by atoms with E-state index in [-0.39, 0.29) is 10.5 Å². The van der Waals surface area contributed by atoms with E-state index in [9.17, 15) is 13.2 Å². The van der Waals surface area contributed by atoms with Gasteiger partial charge in [0.05, 0.1) is 10.5 Å². The third kappa shape index (κ3) is 4.00. The quantitative estimate of drug-likeness (QED) is 0.534. The van der Waals surface area contributed by atoms with Crippen LogP contribution in [0.2, 0.25) is 0 Å². The molecule has 3 rings (SSSR count). The summed E-state index contributed by atoms with van der Waals surface area (Å²) in [6.45, 7) is 4.87. The predicted octanol–water partition coefficient (Wildman–Crippen LogP) is 4.07. The van der Waals surface area contributed by atoms with Gasteiger partial charge in [0.15, 0.2) is 0 Å². The lowest BCUT2D eigenvalue weighted by Gasteiger charge is -2.16. The maximum atomic E-state index is 12.7. The Morgan fingerprint density at radius 1 is 1.04 bits per heavy atom. The summed E-state index contributed by atoms with van der Waals surface area (Å²) >= 11 is 3.31. The van der Waals surface area contributed by atoms with E-state index in [0.717, 1.165) is 24.0 Å². The first-order valence-electron chi connectivity index (χ1n) is 8.37. The van der Waals surface area contributed by atoms with E-state index in [1.165, 1.54) is 16.4 Å². The summed E-state index contributed by atoms with van der Waals surface area (Å²) in [7, 11) is -3.59. The zero-order valence-electron chi connectivity index (χ0n) is 14.7. The first-order valence-corrected chi connectivity index (χ1v) is 10.6. The van der Waals surface area contributed by atoms with E-state index < -0.39 is 16.0 Å². The molecule has 0 amide bonds. The highest BCUT2D eigenvalue weighted by atomic mass is 79.9. The molecule has 0 radical (unpaired) electrons. The molecule has 7 heteroatoms. The largest absolute Gasteiger partial charge is 0.423 e. The number of hydrogen-bond donors (Lipinski definition) is 0. The first kappa shape index (κ1) is 19.1. The molecule has 0 atom stereocenters. The van der Waals surface area contributed by atoms with Crippen LogP contribution in [0.15, 0.2) is 45.8 Å². The van der Waals surface area contributed by atoms with Crippen molar-refractivity contribution in [2.45, 2.75) is 31.6 Å². The van der Waals surface area contributed by atoms with Gasteiger partial charge < -0.3 is 4.74 Å². The standard InChI is InChI=1S/C19H20BrNO4S/c1-13-9-14(2)11-15(10-13)25-19(22)17-12-16(5-6-18(17)20)26(23,24)21-7-3-4-8-21/h5-6,9-12H,3-4,7-8H2,1-2H3. The highest BCUT2D eigenvalue weighted by Gasteiger charge is 2.28. The van der Waals surface area contributed by atoms with Crippen molar-refractivity contribution in [2.75, 3.05) is 13.1 Å². The van der Waals surface area contributed by atoms with Crippen molar-refractivity contribution < 1.29 is 17.9 Å². The number of esters is 1. The van der Waals surface area contributed by atoms with Gasteiger partial charge in [-0.2, -0.15) is 4.31 Å². The van der Waals surface area contributed by atoms with Crippen LogP contribution >= 0.6 is 15.9 Å². The Morgan fingerprint density at radius 2 is 1.65 bits per heavy atom. The third-order valence-corrected chi connectivity index (χ3v) is 6.85. The second kappa shape index (κ2) is 7.50. The van der Waals surface area contributed by atoms with Crippen molar-refractivity contribution >= 4 is 31.9 Å². The van der Waals surface area contributed by atoms with Gasteiger partial charge in [-0.3, -0.25) is 0 Å². The number of aryl methyl sites for hydroxylation is 2. The highest BCUT2D eigenvalue weighted by molar-refractivity contribution is 9.10. The molecule has 0 unspecified atom stereocenters. The van der Waals surface area contributed by atoms with Crippen molar-refractivity contribution in [1.29, 1.82) is 0 Å². The number of nitrogens with zero attached hydrogens (tertiary/aromatic N) is 1. The fraction of sp³-hybridized carbons (Fsp3) is 0.316. The number of ether oxygens (including phenoxy) is 1. The van der Waals surface area contributed by atoms with Crippen molar-refractivity contribution in [3.05, 3.63) is 57.6 Å². The van der Waals surface area contributed by atoms with Crippen molar-refractivity contribution in [2.24, 2.45) is 0 Å². The number of benzene rings is 2. The summed E-state index contributed by atoms with van der Waals surface area (Å²) < 4.78 is 32.9. The lowest BCUT2D eigenvalue weighted by molar-refractivity contribution is 0.0733. The summed E-state index contributed by atoms with van der Waals surface area (Å²) in [5.41, 5.74) is 2.15. The van der Waals surface area contributed by atoms with Crippen LogP contribution in [0.5, 0.6) is 5.75 Å². The number of rotatable bonds is 4. The molecule has 26 heavy (non-hydrogen) atoms. The van der Waals surface area contributed by atoms with Gasteiger partial charge in [-0.25, -0.2) is 13.2 Å². The van der Waals surface area contributed by atoms with Crippen LogP contribution in [0.25, 0.3) is 0 Å². The van der Waals surface area contributed by atoms with E-state index in [0.29, 0.717) is 23.3 Å². The Labute approximate surface area is 162 Å². The van der Waals surface area contributed by atoms with Gasteiger partial charge in [0.1, 0.15) is 5.75 Å². The molecule has 0 aromatic heterocycles. The Hall–Kier alpha value is -1.70. The molecule has 2 aromatic rings. The van der Waals surface area contributed by atoms with Gasteiger partial charge >= 0.3 is 5.97 Å². The average molecular weight is 438 g/mol. The lowest BCUT2D eigenvalue weighted by atomic mass is 10.1. The number of carbonyl (C=O) groups is 1. The monoisotopic (exact) mass is 437 g/mol. The van der Waals surface area contributed by atoms with E-state index in [2.05, 4.69) is 15.9 Å². The number of hydrogen-bond acceptors (Lipinski definition) is 4. The zero-order valence-corrected chi connectivity index (χ0v) is 17.1. The van der Waals surface area contributed by atoms with Gasteiger partial charge in [0.2, 0.25) is 10.0 Å². The first-order chi connectivity index (χ1) is 12.3. The van der Waals surface area contributed by atoms with Gasteiger partial charge in [-0.05, 0) is 84.1 Å². The van der Waals surface area contributed by atoms with Crippen LogP contribution in [-0.2, 0) is 10.0 Å². The molecule has 1 saturated heterocycles. The molecule has 2 aromatic carbocycles. The van der Waals surface area contributed by atoms with E-state index in [1.807, 2.05) is 19.9 Å². The second-order valence-corrected chi connectivity index (χ2v) is 9.26. The van der Waals surface area contributed by atoms with Gasteiger partial charge in [-0.1, -0.05) is 6.07 Å². The van der Waals surface area contributed by atoms with E-state index >= 15 is 0 Å². The molecular weight excluding hydrogens is 418 g/mol. The molecular formula is C19H20BrNO4S. The molecule has 0 bridgehead atoms. The van der Waals surface area contributed by atoms with Crippen LogP contribution in [0.4, 0.5) is 0 Å². The molecule has 5 nitrogen and oxygen atoms in total. The normalized spacial score (nSPS) is 15.2. The van der Waals surface area contributed by atoms with Crippen molar-refractivity contribution in [3.63, 3.8) is 0 Å². The van der Waals surface area contributed by atoms with Crippen LogP contribution in [0.1, 0.15) is 34.3 Å². The molecule has 138 valence electrons. The van der Waals surface area contributed by atoms with Gasteiger partial charge in [0, 0.05) is 17.6 Å². The highest BCUT2D eigenvalue weighted by Crippen LogP contribution is 2.27. The molecule has 0 spiro atoms. The minimum absolute atomic E-state index is 0.106. The summed E-state index contributed by atoms with van der Waals surface area (Å²) in [5, 5.41) is 0. The van der Waals surface area contributed by atoms with Crippen molar-refractivity contribution in [3.8, 4) is 5.75 Å². The Morgan fingerprint density at radius 3 is 2.27 bits per heavy atom. The van der Waals surface area contributed by atoms with Gasteiger partial charge in [-0.15, -0.1) is 0 Å². The minimum Gasteiger partial charge on any atom is -0.423 e. The molecule has 1 heterocycles. The van der Waals surface area contributed by atoms with Crippen molar-refractivity contribution in [1.82, 2.24) is 4.31 Å². The zero-order chi connectivity index (χ0) is 18.9. The topological polar surface area (TPSA) is 63.7 Å². The molecule has 1 fully saturated rings. The molecule has 0 saturated carbocycles. The minimum atomic E-state index is -3.59. The Balaban J connectivity index is 1.91. The van der Waals surface area contributed by atoms with Gasteiger partial charge in [0.25, 0.3) is 0 Å². The fourth-order valence-corrected chi connectivity index (χ4v) is 5.01. The number of carbonyl (C=O) groups excluding carboxylic acids is 1. The lowest BCUT2D eigenvalue weighted by Crippen LogP contribution is -2.28. The number of halogens is 1. The smallest absolute Gasteiger partial charge is 0.344 e. The van der Waals surface area contributed by atoms with E-state index in [4.69, 9.17) is 4.74 Å². The molecule has 0 aliphatic carbocycles. The SMILES string of the molecule is Cc1cc(C)cc(OC(=O)c2cc(S(=O)(=O)N3CCCC3)ccc2Br)c1. The fourth-order valence-electron chi connectivity index (χ4n) is 3.05. The summed E-state index contributed by atoms with van der Waals surface area (Å²) in [4.78, 5) is 12.7. The maximum absolute atomic E-state index is 12.7. The summed E-state index contributed by atoms with van der Waals surface area (Å²) in [6.07, 6.45) is 1.72. The van der Waals surface area contributed by atoms with Crippen LogP contribution in [0.3, 0.4) is 0 Å². The predicted molar refractivity (Wildman–Crippen MR) is 103 cm³/mol. The molecule has 1 aliphatic heterocycles. The van der Waals surface area contributed by atoms with Crippen LogP contribution in [0, 0.1) is 13.8 Å². The van der Waals surface area contributed by atoms with Crippen LogP contribution in [-0.4, -0.2) is 31.8 Å². The number of sulfonamides is 1. The Kier molecular flexibility index (Phi) is 5.50. The maximum Gasteiger partial charge on any atom is 0.344 e.